The van der Waals surface area contributed by atoms with Gasteiger partial charge in [-0.3, -0.25) is 9.59 Å². The first-order valence-corrected chi connectivity index (χ1v) is 10.5. The summed E-state index contributed by atoms with van der Waals surface area (Å²) >= 11 is 0. The van der Waals surface area contributed by atoms with Gasteiger partial charge in [0.25, 0.3) is 11.8 Å². The monoisotopic (exact) mass is 378 g/mol. The van der Waals surface area contributed by atoms with Gasteiger partial charge in [-0.1, -0.05) is 31.0 Å². The zero-order valence-corrected chi connectivity index (χ0v) is 16.1. The summed E-state index contributed by atoms with van der Waals surface area (Å²) in [6, 6.07) is 8.29. The molecule has 6 heteroatoms. The number of carbonyl (C=O) groups is 2. The van der Waals surface area contributed by atoms with E-state index in [-0.39, 0.29) is 17.9 Å². The Bertz CT molecular complexity index is 927. The number of anilines is 1. The molecule has 3 heterocycles. The number of nitrogens with zero attached hydrogens (tertiary/aromatic N) is 3. The van der Waals surface area contributed by atoms with Gasteiger partial charge in [0.05, 0.1) is 5.69 Å². The van der Waals surface area contributed by atoms with Crippen molar-refractivity contribution in [3.63, 3.8) is 0 Å². The van der Waals surface area contributed by atoms with Crippen LogP contribution in [0.1, 0.15) is 70.9 Å². The fraction of sp³-hybridized carbons (Fsp3) is 0.500. The van der Waals surface area contributed by atoms with Crippen LogP contribution in [0.3, 0.4) is 0 Å². The topological polar surface area (TPSA) is 67.2 Å². The van der Waals surface area contributed by atoms with E-state index < -0.39 is 0 Å². The summed E-state index contributed by atoms with van der Waals surface area (Å²) in [5, 5.41) is 3.14. The number of nitrogens with one attached hydrogen (secondary N) is 1. The van der Waals surface area contributed by atoms with E-state index in [0.29, 0.717) is 18.1 Å². The molecule has 3 aliphatic rings. The van der Waals surface area contributed by atoms with Gasteiger partial charge in [0.1, 0.15) is 5.69 Å². The highest BCUT2D eigenvalue weighted by atomic mass is 16.2. The molecule has 1 aromatic carbocycles. The van der Waals surface area contributed by atoms with Crippen molar-refractivity contribution >= 4 is 17.5 Å². The van der Waals surface area contributed by atoms with Crippen molar-refractivity contribution in [1.82, 2.24) is 14.9 Å². The number of para-hydroxylation sites is 1. The van der Waals surface area contributed by atoms with E-state index in [9.17, 15) is 9.59 Å². The third-order valence-electron chi connectivity index (χ3n) is 6.35. The SMILES string of the molecule is O=C(NC1CCCC1)c1nc(C(=O)N2CCc3ccccc32)n2c1CCCC2. The first-order chi connectivity index (χ1) is 13.7. The Balaban J connectivity index is 1.47. The average Bonchev–Trinajstić information content (AvgIpc) is 3.45. The maximum Gasteiger partial charge on any atom is 0.294 e. The van der Waals surface area contributed by atoms with Gasteiger partial charge in [0.15, 0.2) is 0 Å². The summed E-state index contributed by atoms with van der Waals surface area (Å²) in [6.45, 7) is 1.43. The molecule has 1 fully saturated rings. The van der Waals surface area contributed by atoms with Crippen molar-refractivity contribution in [1.29, 1.82) is 0 Å². The second kappa shape index (κ2) is 7.08. The first kappa shape index (κ1) is 17.5. The van der Waals surface area contributed by atoms with E-state index in [0.717, 1.165) is 56.5 Å². The molecule has 1 aliphatic carbocycles. The number of benzene rings is 1. The van der Waals surface area contributed by atoms with Crippen LogP contribution in [0.15, 0.2) is 24.3 Å². The van der Waals surface area contributed by atoms with Gasteiger partial charge in [-0.25, -0.2) is 4.98 Å². The van der Waals surface area contributed by atoms with Crippen LogP contribution in [0, 0.1) is 0 Å². The Labute approximate surface area is 164 Å². The molecule has 0 unspecified atom stereocenters. The highest BCUT2D eigenvalue weighted by molar-refractivity contribution is 6.06. The summed E-state index contributed by atoms with van der Waals surface area (Å²) in [6.07, 6.45) is 8.15. The standard InChI is InChI=1S/C22H26N4O2/c27-21(23-16-8-2-3-9-16)19-18-11-5-6-13-25(18)20(24-19)22(28)26-14-12-15-7-1-4-10-17(15)26/h1,4,7,10,16H,2-3,5-6,8-9,11-14H2,(H,23,27). The summed E-state index contributed by atoms with van der Waals surface area (Å²) in [5.41, 5.74) is 3.55. The number of hydrogen-bond donors (Lipinski definition) is 1. The fourth-order valence-electron chi connectivity index (χ4n) is 4.88. The molecule has 28 heavy (non-hydrogen) atoms. The van der Waals surface area contributed by atoms with Crippen LogP contribution in [-0.4, -0.2) is 34.0 Å². The van der Waals surface area contributed by atoms with Crippen molar-refractivity contribution < 1.29 is 9.59 Å². The van der Waals surface area contributed by atoms with E-state index in [2.05, 4.69) is 16.4 Å². The second-order valence-electron chi connectivity index (χ2n) is 8.13. The van der Waals surface area contributed by atoms with Crippen molar-refractivity contribution in [3.05, 3.63) is 47.0 Å². The zero-order valence-electron chi connectivity index (χ0n) is 16.1. The van der Waals surface area contributed by atoms with Crippen LogP contribution in [0.25, 0.3) is 0 Å². The minimum atomic E-state index is -0.113. The van der Waals surface area contributed by atoms with Gasteiger partial charge >= 0.3 is 0 Å². The maximum absolute atomic E-state index is 13.4. The lowest BCUT2D eigenvalue weighted by Gasteiger charge is -2.20. The van der Waals surface area contributed by atoms with Crippen molar-refractivity contribution in [3.8, 4) is 0 Å². The Morgan fingerprint density at radius 1 is 1.00 bits per heavy atom. The molecule has 0 bridgehead atoms. The van der Waals surface area contributed by atoms with Crippen molar-refractivity contribution in [2.24, 2.45) is 0 Å². The molecular formula is C22H26N4O2. The normalized spacial score (nSPS) is 18.8. The fourth-order valence-corrected chi connectivity index (χ4v) is 4.88. The molecule has 2 aromatic rings. The molecule has 2 amide bonds. The van der Waals surface area contributed by atoms with Crippen LogP contribution in [0.5, 0.6) is 0 Å². The van der Waals surface area contributed by atoms with Gasteiger partial charge in [-0.2, -0.15) is 0 Å². The Hall–Kier alpha value is -2.63. The number of imidazole rings is 1. The number of amides is 2. The van der Waals surface area contributed by atoms with Crippen molar-refractivity contribution in [2.75, 3.05) is 11.4 Å². The molecule has 6 nitrogen and oxygen atoms in total. The largest absolute Gasteiger partial charge is 0.348 e. The lowest BCUT2D eigenvalue weighted by molar-refractivity contribution is 0.0931. The van der Waals surface area contributed by atoms with E-state index >= 15 is 0 Å². The highest BCUT2D eigenvalue weighted by Gasteiger charge is 2.33. The first-order valence-electron chi connectivity index (χ1n) is 10.5. The van der Waals surface area contributed by atoms with E-state index in [1.807, 2.05) is 27.7 Å². The van der Waals surface area contributed by atoms with Gasteiger partial charge in [-0.15, -0.1) is 0 Å². The molecular weight excluding hydrogens is 352 g/mol. The van der Waals surface area contributed by atoms with E-state index in [1.54, 1.807) is 0 Å². The molecule has 0 spiro atoms. The minimum absolute atomic E-state index is 0.0898. The van der Waals surface area contributed by atoms with Gasteiger partial charge < -0.3 is 14.8 Å². The molecule has 5 rings (SSSR count). The third kappa shape index (κ3) is 2.91. The molecule has 2 aliphatic heterocycles. The number of carbonyl (C=O) groups excluding carboxylic acids is 2. The Kier molecular flexibility index (Phi) is 4.41. The predicted molar refractivity (Wildman–Crippen MR) is 107 cm³/mol. The quantitative estimate of drug-likeness (QED) is 0.892. The number of fused-ring (bicyclic) bond motifs is 2. The zero-order chi connectivity index (χ0) is 19.1. The van der Waals surface area contributed by atoms with Crippen LogP contribution in [0.2, 0.25) is 0 Å². The smallest absolute Gasteiger partial charge is 0.294 e. The summed E-state index contributed by atoms with van der Waals surface area (Å²) in [4.78, 5) is 32.7. The van der Waals surface area contributed by atoms with Gasteiger partial charge in [0, 0.05) is 24.8 Å². The third-order valence-corrected chi connectivity index (χ3v) is 6.35. The maximum atomic E-state index is 13.4. The Morgan fingerprint density at radius 3 is 2.68 bits per heavy atom. The number of rotatable bonds is 3. The number of hydrogen-bond acceptors (Lipinski definition) is 3. The van der Waals surface area contributed by atoms with Crippen LogP contribution < -0.4 is 10.2 Å². The van der Waals surface area contributed by atoms with E-state index in [1.165, 1.54) is 18.4 Å². The lowest BCUT2D eigenvalue weighted by Crippen LogP contribution is -2.33. The number of aromatic nitrogens is 2. The minimum Gasteiger partial charge on any atom is -0.348 e. The summed E-state index contributed by atoms with van der Waals surface area (Å²) in [7, 11) is 0. The average molecular weight is 378 g/mol. The predicted octanol–water partition coefficient (Wildman–Crippen LogP) is 3.09. The highest BCUT2D eigenvalue weighted by Crippen LogP contribution is 2.30. The van der Waals surface area contributed by atoms with Gasteiger partial charge in [0.2, 0.25) is 5.82 Å². The molecule has 1 aromatic heterocycles. The summed E-state index contributed by atoms with van der Waals surface area (Å²) < 4.78 is 2.00. The molecule has 0 atom stereocenters. The van der Waals surface area contributed by atoms with Crippen molar-refractivity contribution in [2.45, 2.75) is 64.0 Å². The van der Waals surface area contributed by atoms with Gasteiger partial charge in [-0.05, 0) is 50.2 Å². The second-order valence-corrected chi connectivity index (χ2v) is 8.13. The molecule has 1 saturated carbocycles. The molecule has 146 valence electrons. The lowest BCUT2D eigenvalue weighted by atomic mass is 10.1. The Morgan fingerprint density at radius 2 is 1.82 bits per heavy atom. The molecule has 0 radical (unpaired) electrons. The summed E-state index contributed by atoms with van der Waals surface area (Å²) in [5.74, 6) is 0.217. The van der Waals surface area contributed by atoms with Crippen LogP contribution in [0.4, 0.5) is 5.69 Å². The molecule has 0 saturated heterocycles. The van der Waals surface area contributed by atoms with E-state index in [4.69, 9.17) is 0 Å². The van der Waals surface area contributed by atoms with Crippen LogP contribution >= 0.6 is 0 Å². The van der Waals surface area contributed by atoms with Crippen LogP contribution in [-0.2, 0) is 19.4 Å². The molecule has 1 N–H and O–H groups in total.